The van der Waals surface area contributed by atoms with Crippen molar-refractivity contribution in [2.24, 2.45) is 53.3 Å². The Morgan fingerprint density at radius 3 is 2.14 bits per heavy atom. The predicted octanol–water partition coefficient (Wildman–Crippen LogP) is 9.27. The smallest absolute Gasteiger partial charge is 0.305 e. The van der Waals surface area contributed by atoms with E-state index in [-0.39, 0.29) is 5.97 Å². The zero-order valence-electron chi connectivity index (χ0n) is 24.0. The van der Waals surface area contributed by atoms with Gasteiger partial charge in [0.15, 0.2) is 0 Å². The Labute approximate surface area is 225 Å². The van der Waals surface area contributed by atoms with Gasteiger partial charge in [-0.15, -0.1) is 0 Å². The van der Waals surface area contributed by atoms with E-state index in [1.165, 1.54) is 36.5 Å². The van der Waals surface area contributed by atoms with Crippen LogP contribution in [0.25, 0.3) is 10.8 Å². The van der Waals surface area contributed by atoms with E-state index >= 15 is 0 Å². The number of hydrogen-bond acceptors (Lipinski definition) is 2. The highest BCUT2D eigenvalue weighted by atomic mass is 16.5. The number of unbranched alkanes of at least 4 members (excludes halogenated alkanes) is 2. The number of ether oxygens (including phenoxy) is 1. The molecule has 0 spiro atoms. The van der Waals surface area contributed by atoms with E-state index < -0.39 is 0 Å². The van der Waals surface area contributed by atoms with Crippen molar-refractivity contribution in [3.05, 3.63) is 48.0 Å². The summed E-state index contributed by atoms with van der Waals surface area (Å²) >= 11 is 0. The molecule has 0 aromatic heterocycles. The van der Waals surface area contributed by atoms with Crippen LogP contribution in [-0.4, -0.2) is 12.6 Å². The van der Waals surface area contributed by atoms with Gasteiger partial charge in [0.05, 0.1) is 6.61 Å². The van der Waals surface area contributed by atoms with Gasteiger partial charge in [0, 0.05) is 6.42 Å². The molecule has 2 aromatic rings. The molecule has 0 heterocycles. The summed E-state index contributed by atoms with van der Waals surface area (Å²) in [6.45, 7) is 12.6. The molecule has 4 fully saturated rings. The lowest BCUT2D eigenvalue weighted by atomic mass is 9.72. The highest BCUT2D eigenvalue weighted by Crippen LogP contribution is 2.59. The minimum Gasteiger partial charge on any atom is -0.465 e. The van der Waals surface area contributed by atoms with E-state index in [1.54, 1.807) is 5.56 Å². The first-order chi connectivity index (χ1) is 17.9. The molecular weight excluding hydrogens is 452 g/mol. The van der Waals surface area contributed by atoms with E-state index in [4.69, 9.17) is 4.74 Å². The Morgan fingerprint density at radius 2 is 1.46 bits per heavy atom. The Bertz CT molecular complexity index is 1050. The summed E-state index contributed by atoms with van der Waals surface area (Å²) in [4.78, 5) is 11.6. The van der Waals surface area contributed by atoms with Crippen molar-refractivity contribution in [3.63, 3.8) is 0 Å². The minimum atomic E-state index is 0.0203. The molecule has 2 aromatic carbocycles. The van der Waals surface area contributed by atoms with E-state index in [9.17, 15) is 4.79 Å². The maximum absolute atomic E-state index is 11.6. The van der Waals surface area contributed by atoms with Crippen LogP contribution < -0.4 is 0 Å². The molecule has 0 N–H and O–H groups in total. The van der Waals surface area contributed by atoms with E-state index in [0.717, 1.165) is 72.5 Å². The molecule has 6 rings (SSSR count). The van der Waals surface area contributed by atoms with Crippen molar-refractivity contribution in [1.82, 2.24) is 0 Å². The van der Waals surface area contributed by atoms with Crippen molar-refractivity contribution >= 4 is 16.7 Å². The van der Waals surface area contributed by atoms with Gasteiger partial charge in [0.1, 0.15) is 0 Å². The van der Waals surface area contributed by atoms with E-state index in [1.807, 2.05) is 0 Å². The highest BCUT2D eigenvalue weighted by molar-refractivity contribution is 5.86. The average Bonchev–Trinajstić information content (AvgIpc) is 3.66. The molecule has 4 aliphatic carbocycles. The monoisotopic (exact) mass is 502 g/mol. The first kappa shape index (κ1) is 26.8. The Kier molecular flexibility index (Phi) is 8.32. The largest absolute Gasteiger partial charge is 0.465 e. The maximum atomic E-state index is 11.6. The lowest BCUT2D eigenvalue weighted by Crippen LogP contribution is -2.28. The van der Waals surface area contributed by atoms with Gasteiger partial charge in [0.25, 0.3) is 0 Å². The van der Waals surface area contributed by atoms with Crippen LogP contribution in [0.4, 0.5) is 0 Å². The number of carbonyl (C=O) groups excluding carboxylic acids is 1. The molecule has 37 heavy (non-hydrogen) atoms. The van der Waals surface area contributed by atoms with Crippen molar-refractivity contribution in [2.45, 2.75) is 91.9 Å². The standard InChI is InChI=1S/C19H22.C16H28O2/c1-12-13(2)18-10-15(12)11-19(18)17-9-5-7-14-6-3-4-8-16(14)17;1-4-5-6-7-16(17)18-10-14-8-13-9-15(14)12(3)11(13)2/h3-9,12-13,15,18-19H,10-11H2,1-2H3;11-15H,4-10H2,1-3H3/t12?,13?,15-,18-,19-;11?,12?,13-,14?,15+/m10/s1. The van der Waals surface area contributed by atoms with Crippen LogP contribution in [0.1, 0.15) is 97.5 Å². The summed E-state index contributed by atoms with van der Waals surface area (Å²) in [5.41, 5.74) is 1.62. The molecular formula is C35H50O2. The van der Waals surface area contributed by atoms with Gasteiger partial charge in [-0.3, -0.25) is 4.79 Å². The minimum absolute atomic E-state index is 0.0203. The van der Waals surface area contributed by atoms with E-state index in [2.05, 4.69) is 77.1 Å². The van der Waals surface area contributed by atoms with Gasteiger partial charge >= 0.3 is 5.97 Å². The SMILES string of the molecule is CC1C(C)[C@H]2C[C@@H]1C[C@@H]2c1cccc2ccccc12.CCCCCC(=O)OCC1C[C@H]2C[C@@H]1C(C)C2C. The van der Waals surface area contributed by atoms with Crippen LogP contribution in [0.5, 0.6) is 0 Å². The molecule has 4 bridgehead atoms. The highest BCUT2D eigenvalue weighted by Gasteiger charge is 2.50. The fourth-order valence-electron chi connectivity index (χ4n) is 8.95. The van der Waals surface area contributed by atoms with E-state index in [0.29, 0.717) is 18.9 Å². The average molecular weight is 503 g/mol. The summed E-state index contributed by atoms with van der Waals surface area (Å²) in [5.74, 6) is 8.64. The van der Waals surface area contributed by atoms with Gasteiger partial charge in [0.2, 0.25) is 0 Å². The first-order valence-electron chi connectivity index (χ1n) is 15.5. The molecule has 5 unspecified atom stereocenters. The van der Waals surface area contributed by atoms with Gasteiger partial charge in [-0.2, -0.15) is 0 Å². The van der Waals surface area contributed by atoms with Crippen LogP contribution in [-0.2, 0) is 9.53 Å². The van der Waals surface area contributed by atoms with Gasteiger partial charge in [-0.05, 0) is 108 Å². The third-order valence-corrected chi connectivity index (χ3v) is 11.6. The third-order valence-electron chi connectivity index (χ3n) is 11.6. The summed E-state index contributed by atoms with van der Waals surface area (Å²) in [5, 5.41) is 2.89. The Hall–Kier alpha value is -1.83. The van der Waals surface area contributed by atoms with Crippen LogP contribution in [0.2, 0.25) is 0 Å². The number of rotatable bonds is 7. The molecule has 4 saturated carbocycles. The van der Waals surface area contributed by atoms with Crippen LogP contribution >= 0.6 is 0 Å². The Morgan fingerprint density at radius 1 is 0.784 bits per heavy atom. The number of hydrogen-bond donors (Lipinski definition) is 0. The number of esters is 1. The van der Waals surface area contributed by atoms with Crippen LogP contribution in [0, 0.1) is 53.3 Å². The van der Waals surface area contributed by atoms with Crippen molar-refractivity contribution < 1.29 is 9.53 Å². The second-order valence-corrected chi connectivity index (χ2v) is 13.3. The van der Waals surface area contributed by atoms with Crippen molar-refractivity contribution in [2.75, 3.05) is 6.61 Å². The molecule has 0 aliphatic heterocycles. The first-order valence-corrected chi connectivity index (χ1v) is 15.5. The third kappa shape index (κ3) is 5.37. The molecule has 0 saturated heterocycles. The van der Waals surface area contributed by atoms with Gasteiger partial charge in [-0.1, -0.05) is 89.9 Å². The zero-order chi connectivity index (χ0) is 26.1. The topological polar surface area (TPSA) is 26.3 Å². The molecule has 2 heteroatoms. The van der Waals surface area contributed by atoms with Gasteiger partial charge < -0.3 is 4.74 Å². The molecule has 10 atom stereocenters. The van der Waals surface area contributed by atoms with Crippen molar-refractivity contribution in [1.29, 1.82) is 0 Å². The summed E-state index contributed by atoms with van der Waals surface area (Å²) in [6.07, 6.45) is 9.45. The lowest BCUT2D eigenvalue weighted by molar-refractivity contribution is -0.146. The second kappa shape index (κ2) is 11.5. The van der Waals surface area contributed by atoms with Crippen LogP contribution in [0.15, 0.2) is 42.5 Å². The summed E-state index contributed by atoms with van der Waals surface area (Å²) in [6, 6.07) is 15.8. The molecule has 0 radical (unpaired) electrons. The summed E-state index contributed by atoms with van der Waals surface area (Å²) in [7, 11) is 0. The fourth-order valence-corrected chi connectivity index (χ4v) is 8.95. The molecule has 2 nitrogen and oxygen atoms in total. The number of fused-ring (bicyclic) bond motifs is 5. The molecule has 202 valence electrons. The van der Waals surface area contributed by atoms with Crippen molar-refractivity contribution in [3.8, 4) is 0 Å². The maximum Gasteiger partial charge on any atom is 0.305 e. The quantitative estimate of drug-likeness (QED) is 0.278. The number of benzene rings is 2. The fraction of sp³-hybridized carbons (Fsp3) is 0.686. The molecule has 4 aliphatic rings. The molecule has 0 amide bonds. The zero-order valence-corrected chi connectivity index (χ0v) is 24.0. The number of carbonyl (C=O) groups is 1. The lowest BCUT2D eigenvalue weighted by Gasteiger charge is -2.32. The Balaban J connectivity index is 0.000000152. The normalized spacial score (nSPS) is 37.5. The summed E-state index contributed by atoms with van der Waals surface area (Å²) < 4.78 is 5.47. The second-order valence-electron chi connectivity index (χ2n) is 13.3. The van der Waals surface area contributed by atoms with Gasteiger partial charge in [-0.25, -0.2) is 0 Å². The van der Waals surface area contributed by atoms with Crippen LogP contribution in [0.3, 0.4) is 0 Å². The predicted molar refractivity (Wildman–Crippen MR) is 154 cm³/mol.